The van der Waals surface area contributed by atoms with Gasteiger partial charge in [-0.25, -0.2) is 14.9 Å². The maximum absolute atomic E-state index is 4.64. The lowest BCUT2D eigenvalue weighted by molar-refractivity contribution is 0.440. The molecule has 6 nitrogen and oxygen atoms in total. The molecule has 5 rings (SSSR count). The number of aryl methyl sites for hydroxylation is 1. The predicted octanol–water partition coefficient (Wildman–Crippen LogP) is 3.32. The molecule has 4 aromatic rings. The third-order valence-electron chi connectivity index (χ3n) is 5.38. The van der Waals surface area contributed by atoms with Crippen LogP contribution in [0, 0.1) is 12.8 Å². The van der Waals surface area contributed by atoms with Crippen LogP contribution in [0.25, 0.3) is 16.1 Å². The first-order valence-electron chi connectivity index (χ1n) is 9.92. The smallest absolute Gasteiger partial charge is 0.212 e. The van der Waals surface area contributed by atoms with Crippen molar-refractivity contribution >= 4 is 16.3 Å². The van der Waals surface area contributed by atoms with Crippen molar-refractivity contribution in [3.63, 3.8) is 0 Å². The maximum Gasteiger partial charge on any atom is 0.212 e. The van der Waals surface area contributed by atoms with Gasteiger partial charge in [0.25, 0.3) is 0 Å². The Morgan fingerprint density at radius 2 is 1.90 bits per heavy atom. The summed E-state index contributed by atoms with van der Waals surface area (Å²) in [6, 6.07) is 19.7. The first-order valence-corrected chi connectivity index (χ1v) is 10.7. The van der Waals surface area contributed by atoms with E-state index in [4.69, 9.17) is 0 Å². The molecule has 2 unspecified atom stereocenters. The van der Waals surface area contributed by atoms with Gasteiger partial charge >= 0.3 is 0 Å². The van der Waals surface area contributed by atoms with Gasteiger partial charge in [-0.15, -0.1) is 0 Å². The topological polar surface area (TPSA) is 66.3 Å². The zero-order chi connectivity index (χ0) is 19.6. The lowest BCUT2D eigenvalue weighted by Gasteiger charge is -2.19. The highest BCUT2D eigenvalue weighted by Gasteiger charge is 2.27. The van der Waals surface area contributed by atoms with Crippen LogP contribution in [0.5, 0.6) is 0 Å². The molecule has 1 aliphatic rings. The van der Waals surface area contributed by atoms with E-state index in [-0.39, 0.29) is 0 Å². The molecule has 2 aromatic carbocycles. The number of aromatic nitrogens is 3. The van der Waals surface area contributed by atoms with Gasteiger partial charge in [-0.2, -0.15) is 5.10 Å². The molecule has 7 heteroatoms. The molecule has 0 aliphatic carbocycles. The average molecular weight is 405 g/mol. The Morgan fingerprint density at radius 1 is 1.10 bits per heavy atom. The van der Waals surface area contributed by atoms with Crippen molar-refractivity contribution in [3.8, 4) is 11.1 Å². The number of hydrazine groups is 1. The molecule has 3 heterocycles. The predicted molar refractivity (Wildman–Crippen MR) is 117 cm³/mol. The standard InChI is InChI=1S/C22H24N6S/c1-15-27-28-14-20(25-22(28)29-15)13-23-11-19-12-24-26-21(19)18-9-7-17(8-10-18)16-5-3-2-4-6-16/h2-10,14,19,21,23-24,26H,11-13H2,1H3. The van der Waals surface area contributed by atoms with Crippen LogP contribution in [-0.2, 0) is 6.54 Å². The summed E-state index contributed by atoms with van der Waals surface area (Å²) in [6.45, 7) is 4.62. The second-order valence-corrected chi connectivity index (χ2v) is 8.62. The third kappa shape index (κ3) is 3.95. The van der Waals surface area contributed by atoms with Crippen molar-refractivity contribution in [1.82, 2.24) is 30.8 Å². The zero-order valence-corrected chi connectivity index (χ0v) is 17.1. The fourth-order valence-corrected chi connectivity index (χ4v) is 4.65. The molecule has 148 valence electrons. The normalized spacial score (nSPS) is 19.2. The molecule has 2 aromatic heterocycles. The fourth-order valence-electron chi connectivity index (χ4n) is 3.91. The number of hydrogen-bond acceptors (Lipinski definition) is 6. The number of nitrogens with zero attached hydrogens (tertiary/aromatic N) is 3. The van der Waals surface area contributed by atoms with Crippen LogP contribution in [0.1, 0.15) is 22.3 Å². The average Bonchev–Trinajstić information content (AvgIpc) is 3.44. The molecular formula is C22H24N6S. The lowest BCUT2D eigenvalue weighted by atomic mass is 9.93. The van der Waals surface area contributed by atoms with Gasteiger partial charge in [0.15, 0.2) is 0 Å². The van der Waals surface area contributed by atoms with Gasteiger partial charge in [0.2, 0.25) is 4.96 Å². The summed E-state index contributed by atoms with van der Waals surface area (Å²) in [4.78, 5) is 5.60. The molecule has 29 heavy (non-hydrogen) atoms. The molecular weight excluding hydrogens is 380 g/mol. The number of fused-ring (bicyclic) bond motifs is 1. The lowest BCUT2D eigenvalue weighted by Crippen LogP contribution is -2.28. The number of imidazole rings is 1. The summed E-state index contributed by atoms with van der Waals surface area (Å²) in [5.41, 5.74) is 11.6. The van der Waals surface area contributed by atoms with Crippen molar-refractivity contribution in [2.24, 2.45) is 5.92 Å². The summed E-state index contributed by atoms with van der Waals surface area (Å²) in [5.74, 6) is 0.474. The number of nitrogens with one attached hydrogen (secondary N) is 3. The molecule has 3 N–H and O–H groups in total. The molecule has 1 aliphatic heterocycles. The Balaban J connectivity index is 1.21. The highest BCUT2D eigenvalue weighted by molar-refractivity contribution is 7.16. The monoisotopic (exact) mass is 404 g/mol. The van der Waals surface area contributed by atoms with E-state index in [1.807, 2.05) is 23.7 Å². The van der Waals surface area contributed by atoms with Gasteiger partial charge in [0, 0.05) is 25.6 Å². The summed E-state index contributed by atoms with van der Waals surface area (Å²) in [6.07, 6.45) is 2.01. The van der Waals surface area contributed by atoms with Crippen molar-refractivity contribution < 1.29 is 0 Å². The minimum absolute atomic E-state index is 0.294. The second-order valence-electron chi connectivity index (χ2n) is 7.46. The van der Waals surface area contributed by atoms with E-state index in [2.05, 4.69) is 74.8 Å². The van der Waals surface area contributed by atoms with E-state index >= 15 is 0 Å². The molecule has 0 saturated carbocycles. The van der Waals surface area contributed by atoms with Crippen molar-refractivity contribution in [2.75, 3.05) is 13.1 Å². The van der Waals surface area contributed by atoms with Gasteiger partial charge < -0.3 is 5.32 Å². The number of rotatable bonds is 6. The van der Waals surface area contributed by atoms with Crippen molar-refractivity contribution in [3.05, 3.63) is 77.1 Å². The maximum atomic E-state index is 4.64. The van der Waals surface area contributed by atoms with Gasteiger partial charge in [-0.3, -0.25) is 5.43 Å². The van der Waals surface area contributed by atoms with Gasteiger partial charge in [-0.1, -0.05) is 65.9 Å². The van der Waals surface area contributed by atoms with Crippen LogP contribution in [-0.4, -0.2) is 27.7 Å². The molecule has 0 amide bonds. The van der Waals surface area contributed by atoms with Crippen LogP contribution in [0.15, 0.2) is 60.8 Å². The molecule has 1 saturated heterocycles. The molecule has 2 atom stereocenters. The number of benzene rings is 2. The molecule has 0 radical (unpaired) electrons. The summed E-state index contributed by atoms with van der Waals surface area (Å²) in [7, 11) is 0. The largest absolute Gasteiger partial charge is 0.311 e. The summed E-state index contributed by atoms with van der Waals surface area (Å²) in [5, 5.41) is 9.03. The minimum atomic E-state index is 0.294. The van der Waals surface area contributed by atoms with E-state index in [1.165, 1.54) is 16.7 Å². The zero-order valence-electron chi connectivity index (χ0n) is 16.3. The van der Waals surface area contributed by atoms with Crippen LogP contribution in [0.2, 0.25) is 0 Å². The Bertz CT molecular complexity index is 1050. The van der Waals surface area contributed by atoms with Crippen LogP contribution in [0.3, 0.4) is 0 Å². The van der Waals surface area contributed by atoms with Gasteiger partial charge in [0.05, 0.1) is 17.9 Å². The van der Waals surface area contributed by atoms with Crippen LogP contribution in [0.4, 0.5) is 0 Å². The van der Waals surface area contributed by atoms with Gasteiger partial charge in [0.1, 0.15) is 5.01 Å². The van der Waals surface area contributed by atoms with Crippen LogP contribution >= 0.6 is 11.3 Å². The van der Waals surface area contributed by atoms with Crippen LogP contribution < -0.4 is 16.2 Å². The first-order chi connectivity index (χ1) is 14.3. The van der Waals surface area contributed by atoms with Crippen molar-refractivity contribution in [2.45, 2.75) is 19.5 Å². The molecule has 0 spiro atoms. The Morgan fingerprint density at radius 3 is 2.69 bits per heavy atom. The van der Waals surface area contributed by atoms with E-state index in [0.717, 1.165) is 35.3 Å². The highest BCUT2D eigenvalue weighted by Crippen LogP contribution is 2.27. The Kier molecular flexibility index (Phi) is 5.12. The first kappa shape index (κ1) is 18.4. The van der Waals surface area contributed by atoms with E-state index in [9.17, 15) is 0 Å². The van der Waals surface area contributed by atoms with E-state index in [1.54, 1.807) is 11.3 Å². The second kappa shape index (κ2) is 8.04. The molecule has 0 bridgehead atoms. The SMILES string of the molecule is Cc1nn2cc(CNCC3CNNC3c3ccc(-c4ccccc4)cc3)nc2s1. The fraction of sp³-hybridized carbons (Fsp3) is 0.273. The quantitative estimate of drug-likeness (QED) is 0.460. The Hall–Kier alpha value is -2.58. The summed E-state index contributed by atoms with van der Waals surface area (Å²) >= 11 is 1.62. The van der Waals surface area contributed by atoms with E-state index < -0.39 is 0 Å². The minimum Gasteiger partial charge on any atom is -0.311 e. The Labute approximate surface area is 174 Å². The van der Waals surface area contributed by atoms with Gasteiger partial charge in [-0.05, 0) is 23.6 Å². The molecule has 1 fully saturated rings. The highest BCUT2D eigenvalue weighted by atomic mass is 32.1. The van der Waals surface area contributed by atoms with Crippen molar-refractivity contribution in [1.29, 1.82) is 0 Å². The van der Waals surface area contributed by atoms with E-state index in [0.29, 0.717) is 12.0 Å². The number of hydrogen-bond donors (Lipinski definition) is 3. The summed E-state index contributed by atoms with van der Waals surface area (Å²) < 4.78 is 1.87. The third-order valence-corrected chi connectivity index (χ3v) is 6.21.